The van der Waals surface area contributed by atoms with Gasteiger partial charge in [0.15, 0.2) is 11.5 Å². The topological polar surface area (TPSA) is 30.5 Å². The maximum Gasteiger partial charge on any atom is 0.161 e. The summed E-state index contributed by atoms with van der Waals surface area (Å²) < 4.78 is 11.4. The van der Waals surface area contributed by atoms with Crippen LogP contribution in [-0.4, -0.2) is 20.3 Å². The zero-order chi connectivity index (χ0) is 14.8. The SMILES string of the molecule is CNC(c1ccc2c(c1)OCCO2)C1CCC(C)C(C)C1. The summed E-state index contributed by atoms with van der Waals surface area (Å²) in [6.07, 6.45) is 3.96. The summed E-state index contributed by atoms with van der Waals surface area (Å²) in [6.45, 7) is 6.09. The molecule has 1 aliphatic heterocycles. The minimum Gasteiger partial charge on any atom is -0.486 e. The highest BCUT2D eigenvalue weighted by Gasteiger charge is 2.30. The van der Waals surface area contributed by atoms with Crippen LogP contribution in [0.1, 0.15) is 44.7 Å². The molecule has 1 saturated carbocycles. The van der Waals surface area contributed by atoms with Gasteiger partial charge in [0, 0.05) is 6.04 Å². The molecule has 3 nitrogen and oxygen atoms in total. The molecular formula is C18H27NO2. The molecule has 1 heterocycles. The van der Waals surface area contributed by atoms with Crippen LogP contribution in [0.4, 0.5) is 0 Å². The van der Waals surface area contributed by atoms with Crippen LogP contribution in [0.25, 0.3) is 0 Å². The highest BCUT2D eigenvalue weighted by molar-refractivity contribution is 5.44. The summed E-state index contributed by atoms with van der Waals surface area (Å²) in [7, 11) is 2.07. The second-order valence-corrected chi connectivity index (χ2v) is 6.70. The molecule has 0 aromatic heterocycles. The Morgan fingerprint density at radius 2 is 1.81 bits per heavy atom. The van der Waals surface area contributed by atoms with Crippen molar-refractivity contribution in [1.29, 1.82) is 0 Å². The average Bonchev–Trinajstić information content (AvgIpc) is 2.51. The van der Waals surface area contributed by atoms with Crippen LogP contribution in [0.2, 0.25) is 0 Å². The van der Waals surface area contributed by atoms with Crippen molar-refractivity contribution in [3.05, 3.63) is 23.8 Å². The Hall–Kier alpha value is -1.22. The lowest BCUT2D eigenvalue weighted by molar-refractivity contribution is 0.167. The predicted molar refractivity (Wildman–Crippen MR) is 84.9 cm³/mol. The van der Waals surface area contributed by atoms with Gasteiger partial charge >= 0.3 is 0 Å². The summed E-state index contributed by atoms with van der Waals surface area (Å²) in [6, 6.07) is 6.83. The fourth-order valence-corrected chi connectivity index (χ4v) is 3.82. The zero-order valence-corrected chi connectivity index (χ0v) is 13.4. The Labute approximate surface area is 128 Å². The van der Waals surface area contributed by atoms with Gasteiger partial charge in [-0.1, -0.05) is 26.3 Å². The molecule has 3 rings (SSSR count). The van der Waals surface area contributed by atoms with E-state index < -0.39 is 0 Å². The lowest BCUT2D eigenvalue weighted by Gasteiger charge is -2.37. The summed E-state index contributed by atoms with van der Waals surface area (Å²) >= 11 is 0. The first kappa shape index (κ1) is 14.7. The molecule has 1 N–H and O–H groups in total. The molecule has 0 bridgehead atoms. The molecule has 21 heavy (non-hydrogen) atoms. The third-order valence-corrected chi connectivity index (χ3v) is 5.35. The molecule has 3 heteroatoms. The molecule has 4 unspecified atom stereocenters. The number of hydrogen-bond donors (Lipinski definition) is 1. The highest BCUT2D eigenvalue weighted by atomic mass is 16.6. The summed E-state index contributed by atoms with van der Waals surface area (Å²) in [4.78, 5) is 0. The Morgan fingerprint density at radius 1 is 1.05 bits per heavy atom. The quantitative estimate of drug-likeness (QED) is 0.918. The van der Waals surface area contributed by atoms with Crippen LogP contribution >= 0.6 is 0 Å². The van der Waals surface area contributed by atoms with Crippen molar-refractivity contribution in [2.75, 3.05) is 20.3 Å². The molecule has 0 spiro atoms. The van der Waals surface area contributed by atoms with E-state index in [9.17, 15) is 0 Å². The van der Waals surface area contributed by atoms with Crippen molar-refractivity contribution in [3.63, 3.8) is 0 Å². The second kappa shape index (κ2) is 6.27. The van der Waals surface area contributed by atoms with Gasteiger partial charge in [0.25, 0.3) is 0 Å². The van der Waals surface area contributed by atoms with Gasteiger partial charge in [-0.25, -0.2) is 0 Å². The normalized spacial score (nSPS) is 30.0. The van der Waals surface area contributed by atoms with Crippen LogP contribution in [0.5, 0.6) is 11.5 Å². The van der Waals surface area contributed by atoms with E-state index in [1.807, 2.05) is 0 Å². The van der Waals surface area contributed by atoms with Crippen molar-refractivity contribution in [3.8, 4) is 11.5 Å². The van der Waals surface area contributed by atoms with Gasteiger partial charge in [-0.05, 0) is 55.3 Å². The Kier molecular flexibility index (Phi) is 4.39. The Bertz CT molecular complexity index is 488. The third kappa shape index (κ3) is 3.03. The van der Waals surface area contributed by atoms with Crippen LogP contribution in [0, 0.1) is 17.8 Å². The van der Waals surface area contributed by atoms with Crippen LogP contribution < -0.4 is 14.8 Å². The number of nitrogens with one attached hydrogen (secondary N) is 1. The second-order valence-electron chi connectivity index (χ2n) is 6.70. The molecule has 0 saturated heterocycles. The lowest BCUT2D eigenvalue weighted by Crippen LogP contribution is -2.31. The number of hydrogen-bond acceptors (Lipinski definition) is 3. The van der Waals surface area contributed by atoms with Crippen LogP contribution in [-0.2, 0) is 0 Å². The molecule has 1 aliphatic carbocycles. The highest BCUT2D eigenvalue weighted by Crippen LogP contribution is 2.41. The largest absolute Gasteiger partial charge is 0.486 e. The summed E-state index contributed by atoms with van der Waals surface area (Å²) in [5.74, 6) is 4.17. The minimum atomic E-state index is 0.413. The number of fused-ring (bicyclic) bond motifs is 1. The van der Waals surface area contributed by atoms with Gasteiger partial charge in [-0.2, -0.15) is 0 Å². The molecule has 116 valence electrons. The first-order valence-corrected chi connectivity index (χ1v) is 8.26. The standard InChI is InChI=1S/C18H27NO2/c1-12-4-5-14(10-13(12)2)18(19-3)15-6-7-16-17(11-15)21-9-8-20-16/h6-7,11-14,18-19H,4-5,8-10H2,1-3H3. The molecule has 1 aromatic rings. The van der Waals surface area contributed by atoms with E-state index in [4.69, 9.17) is 9.47 Å². The molecular weight excluding hydrogens is 262 g/mol. The number of benzene rings is 1. The van der Waals surface area contributed by atoms with Gasteiger partial charge in [0.05, 0.1) is 0 Å². The molecule has 0 amide bonds. The number of rotatable bonds is 3. The van der Waals surface area contributed by atoms with Gasteiger partial charge in [-0.3, -0.25) is 0 Å². The minimum absolute atomic E-state index is 0.413. The van der Waals surface area contributed by atoms with E-state index in [1.54, 1.807) is 0 Å². The molecule has 1 aromatic carbocycles. The number of ether oxygens (including phenoxy) is 2. The van der Waals surface area contributed by atoms with Crippen molar-refractivity contribution < 1.29 is 9.47 Å². The predicted octanol–water partition coefficient (Wildman–Crippen LogP) is 3.79. The molecule has 4 atom stereocenters. The third-order valence-electron chi connectivity index (χ3n) is 5.35. The van der Waals surface area contributed by atoms with Crippen molar-refractivity contribution >= 4 is 0 Å². The first-order valence-electron chi connectivity index (χ1n) is 8.26. The van der Waals surface area contributed by atoms with Gasteiger partial charge in [0.1, 0.15) is 13.2 Å². The summed E-state index contributed by atoms with van der Waals surface area (Å²) in [5, 5.41) is 3.53. The molecule has 2 aliphatic rings. The van der Waals surface area contributed by atoms with Crippen LogP contribution in [0.15, 0.2) is 18.2 Å². The maximum atomic E-state index is 5.73. The van der Waals surface area contributed by atoms with Gasteiger partial charge in [-0.15, -0.1) is 0 Å². The fraction of sp³-hybridized carbons (Fsp3) is 0.667. The van der Waals surface area contributed by atoms with E-state index in [2.05, 4.69) is 44.4 Å². The molecule has 0 radical (unpaired) electrons. The van der Waals surface area contributed by atoms with Gasteiger partial charge < -0.3 is 14.8 Å². The van der Waals surface area contributed by atoms with Gasteiger partial charge in [0.2, 0.25) is 0 Å². The smallest absolute Gasteiger partial charge is 0.161 e. The summed E-state index contributed by atoms with van der Waals surface area (Å²) in [5.41, 5.74) is 1.33. The average molecular weight is 289 g/mol. The van der Waals surface area contributed by atoms with Crippen LogP contribution in [0.3, 0.4) is 0 Å². The molecule has 1 fully saturated rings. The van der Waals surface area contributed by atoms with Crippen molar-refractivity contribution in [2.24, 2.45) is 17.8 Å². The van der Waals surface area contributed by atoms with E-state index in [0.717, 1.165) is 23.3 Å². The van der Waals surface area contributed by atoms with E-state index in [-0.39, 0.29) is 0 Å². The van der Waals surface area contributed by atoms with Crippen molar-refractivity contribution in [1.82, 2.24) is 5.32 Å². The zero-order valence-electron chi connectivity index (χ0n) is 13.4. The van der Waals surface area contributed by atoms with Crippen molar-refractivity contribution in [2.45, 2.75) is 39.2 Å². The Morgan fingerprint density at radius 3 is 2.52 bits per heavy atom. The van der Waals surface area contributed by atoms with E-state index in [0.29, 0.717) is 25.2 Å². The first-order chi connectivity index (χ1) is 10.2. The monoisotopic (exact) mass is 289 g/mol. The Balaban J connectivity index is 1.79. The lowest BCUT2D eigenvalue weighted by atomic mass is 9.72. The van der Waals surface area contributed by atoms with E-state index in [1.165, 1.54) is 24.8 Å². The maximum absolute atomic E-state index is 5.73. The van der Waals surface area contributed by atoms with E-state index >= 15 is 0 Å². The fourth-order valence-electron chi connectivity index (χ4n) is 3.82.